The minimum absolute atomic E-state index is 0. The molecule has 2 nitrogen and oxygen atoms in total. The highest BCUT2D eigenvalue weighted by Gasteiger charge is 1.90. The molecule has 0 amide bonds. The lowest BCUT2D eigenvalue weighted by atomic mass is 10.5. The van der Waals surface area contributed by atoms with Crippen molar-refractivity contribution >= 4 is 8.80 Å². The highest BCUT2D eigenvalue weighted by Crippen LogP contribution is 1.92. The number of rotatable bonds is 3. The van der Waals surface area contributed by atoms with Crippen molar-refractivity contribution in [3.63, 3.8) is 0 Å². The van der Waals surface area contributed by atoms with Gasteiger partial charge in [-0.2, -0.15) is 0 Å². The van der Waals surface area contributed by atoms with Gasteiger partial charge in [-0.05, 0) is 13.0 Å². The third kappa shape index (κ3) is 9.46. The zero-order valence-corrected chi connectivity index (χ0v) is 7.14. The molecule has 0 saturated carbocycles. The van der Waals surface area contributed by atoms with Crippen LogP contribution in [-0.4, -0.2) is 15.3 Å². The Kier molecular flexibility index (Phi) is 9.82. The maximum atomic E-state index is 5.30. The number of nitrogens with two attached hydrogens (primary N) is 1. The van der Waals surface area contributed by atoms with Crippen LogP contribution in [0.2, 0.25) is 19.1 Å². The molecule has 0 aromatic carbocycles. The van der Waals surface area contributed by atoms with E-state index in [1.807, 2.05) is 0 Å². The molecule has 8 heavy (non-hydrogen) atoms. The van der Waals surface area contributed by atoms with Crippen LogP contribution in [0.25, 0.3) is 0 Å². The van der Waals surface area contributed by atoms with Crippen molar-refractivity contribution in [2.75, 3.05) is 6.54 Å². The molecule has 0 aliphatic heterocycles. The molecule has 0 saturated heterocycles. The van der Waals surface area contributed by atoms with Gasteiger partial charge in [-0.3, -0.25) is 0 Å². The third-order valence-electron chi connectivity index (χ3n) is 0.986. The minimum atomic E-state index is -0.268. The van der Waals surface area contributed by atoms with Crippen LogP contribution in [0.5, 0.6) is 0 Å². The molecule has 0 fully saturated rings. The zero-order valence-electron chi connectivity index (χ0n) is 5.98. The Morgan fingerprint density at radius 1 is 1.38 bits per heavy atom. The monoisotopic (exact) mass is 134 g/mol. The van der Waals surface area contributed by atoms with Crippen LogP contribution in [0.15, 0.2) is 0 Å². The average Bonchev–Trinajstić information content (AvgIpc) is 1.61. The van der Waals surface area contributed by atoms with E-state index in [-0.39, 0.29) is 14.9 Å². The molecule has 0 radical (unpaired) electrons. The van der Waals surface area contributed by atoms with Crippen LogP contribution in [0.4, 0.5) is 0 Å². The molecule has 0 bridgehead atoms. The molecule has 52 valence electrons. The topological polar surface area (TPSA) is 61.0 Å². The van der Waals surface area contributed by atoms with Gasteiger partial charge in [0.05, 0.1) is 0 Å². The molecule has 3 heteroatoms. The summed E-state index contributed by atoms with van der Waals surface area (Å²) in [6, 6.07) is 1.41. The Morgan fingerprint density at radius 2 is 1.88 bits per heavy atom. The van der Waals surface area contributed by atoms with Gasteiger partial charge in [0.25, 0.3) is 0 Å². The molecule has 0 aliphatic carbocycles. The van der Waals surface area contributed by atoms with Crippen LogP contribution in [0.1, 0.15) is 6.42 Å². The molecule has 5 N–H and O–H groups in total. The smallest absolute Gasteiger partial charge is 0.0306 e. The fourth-order valence-electron chi connectivity index (χ4n) is 0.526. The normalized spacial score (nSPS) is 9.00. The maximum Gasteiger partial charge on any atom is 0.0306 e. The summed E-state index contributed by atoms with van der Waals surface area (Å²) in [6.07, 6.45) is 1.24. The van der Waals surface area contributed by atoms with Crippen LogP contribution in [0, 0.1) is 0 Å². The summed E-state index contributed by atoms with van der Waals surface area (Å²) in [5, 5.41) is 0. The summed E-state index contributed by atoms with van der Waals surface area (Å²) in [5.41, 5.74) is 5.30. The molecule has 0 unspecified atom stereocenters. The van der Waals surface area contributed by atoms with E-state index in [2.05, 4.69) is 13.1 Å². The first-order valence-corrected chi connectivity index (χ1v) is 6.10. The third-order valence-corrected chi connectivity index (χ3v) is 2.55. The second kappa shape index (κ2) is 7.14. The highest BCUT2D eigenvalue weighted by atomic mass is 28.3. The van der Waals surface area contributed by atoms with E-state index in [4.69, 9.17) is 5.73 Å². The van der Waals surface area contributed by atoms with Crippen molar-refractivity contribution in [3.05, 3.63) is 0 Å². The SMILES string of the molecule is C[SiH](C)CCCN.N. The van der Waals surface area contributed by atoms with Crippen molar-refractivity contribution < 1.29 is 0 Å². The zero-order chi connectivity index (χ0) is 5.70. The Balaban J connectivity index is 0. The predicted molar refractivity (Wildman–Crippen MR) is 42.4 cm³/mol. The molecular formula is C5H18N2Si. The largest absolute Gasteiger partial charge is 0.344 e. The van der Waals surface area contributed by atoms with Gasteiger partial charge >= 0.3 is 0 Å². The Hall–Kier alpha value is 0.137. The van der Waals surface area contributed by atoms with E-state index in [9.17, 15) is 0 Å². The number of hydrogen-bond acceptors (Lipinski definition) is 2. The van der Waals surface area contributed by atoms with Gasteiger partial charge in [0.2, 0.25) is 0 Å². The van der Waals surface area contributed by atoms with E-state index >= 15 is 0 Å². The van der Waals surface area contributed by atoms with Gasteiger partial charge in [0.15, 0.2) is 0 Å². The fourth-order valence-corrected chi connectivity index (χ4v) is 1.58. The Bertz CT molecular complexity index is 39.4. The molecule has 0 atom stereocenters. The maximum absolute atomic E-state index is 5.30. The average molecular weight is 134 g/mol. The molecule has 0 spiro atoms. The van der Waals surface area contributed by atoms with Gasteiger partial charge in [-0.15, -0.1) is 0 Å². The fraction of sp³-hybridized carbons (Fsp3) is 1.00. The van der Waals surface area contributed by atoms with Crippen molar-refractivity contribution in [1.82, 2.24) is 6.15 Å². The van der Waals surface area contributed by atoms with Gasteiger partial charge in [0.1, 0.15) is 0 Å². The summed E-state index contributed by atoms with van der Waals surface area (Å²) in [6.45, 7) is 5.59. The lowest BCUT2D eigenvalue weighted by Gasteiger charge is -1.97. The standard InChI is InChI=1S/C5H15NSi.H3N/c1-7(2)5-3-4-6;/h7H,3-6H2,1-2H3;1H3. The summed E-state index contributed by atoms with van der Waals surface area (Å²) in [4.78, 5) is 0. The molecule has 0 heterocycles. The quantitative estimate of drug-likeness (QED) is 0.565. The van der Waals surface area contributed by atoms with E-state index in [0.717, 1.165) is 6.54 Å². The summed E-state index contributed by atoms with van der Waals surface area (Å²) in [5.74, 6) is 0. The van der Waals surface area contributed by atoms with Crippen molar-refractivity contribution in [2.24, 2.45) is 5.73 Å². The molecule has 0 rings (SSSR count). The van der Waals surface area contributed by atoms with E-state index in [0.29, 0.717) is 0 Å². The van der Waals surface area contributed by atoms with Crippen LogP contribution in [-0.2, 0) is 0 Å². The lowest BCUT2D eigenvalue weighted by molar-refractivity contribution is 0.920. The first kappa shape index (κ1) is 11.0. The van der Waals surface area contributed by atoms with Crippen molar-refractivity contribution in [3.8, 4) is 0 Å². The number of hydrogen-bond donors (Lipinski definition) is 2. The second-order valence-corrected chi connectivity index (χ2v) is 5.69. The Morgan fingerprint density at radius 3 is 2.00 bits per heavy atom. The molecule has 0 aliphatic rings. The van der Waals surface area contributed by atoms with Gasteiger partial charge < -0.3 is 11.9 Å². The first-order valence-electron chi connectivity index (χ1n) is 2.97. The molecule has 0 aromatic rings. The van der Waals surface area contributed by atoms with Crippen molar-refractivity contribution in [2.45, 2.75) is 25.6 Å². The van der Waals surface area contributed by atoms with Crippen molar-refractivity contribution in [1.29, 1.82) is 0 Å². The predicted octanol–water partition coefficient (Wildman–Crippen LogP) is 0.984. The molecular weight excluding hydrogens is 116 g/mol. The van der Waals surface area contributed by atoms with E-state index in [1.54, 1.807) is 0 Å². The van der Waals surface area contributed by atoms with E-state index < -0.39 is 0 Å². The summed E-state index contributed by atoms with van der Waals surface area (Å²) < 4.78 is 0. The summed E-state index contributed by atoms with van der Waals surface area (Å²) in [7, 11) is -0.268. The minimum Gasteiger partial charge on any atom is -0.344 e. The highest BCUT2D eigenvalue weighted by molar-refractivity contribution is 6.55. The van der Waals surface area contributed by atoms with Crippen LogP contribution >= 0.6 is 0 Å². The molecule has 0 aromatic heterocycles. The van der Waals surface area contributed by atoms with E-state index in [1.165, 1.54) is 12.5 Å². The van der Waals surface area contributed by atoms with Gasteiger partial charge in [-0.25, -0.2) is 0 Å². The lowest BCUT2D eigenvalue weighted by Crippen LogP contribution is -2.04. The first-order chi connectivity index (χ1) is 3.27. The van der Waals surface area contributed by atoms with Crippen LogP contribution < -0.4 is 11.9 Å². The van der Waals surface area contributed by atoms with Gasteiger partial charge in [-0.1, -0.05) is 19.1 Å². The van der Waals surface area contributed by atoms with Gasteiger partial charge in [0, 0.05) is 8.80 Å². The summed E-state index contributed by atoms with van der Waals surface area (Å²) >= 11 is 0. The van der Waals surface area contributed by atoms with Crippen LogP contribution in [0.3, 0.4) is 0 Å². The Labute approximate surface area is 53.7 Å². The second-order valence-electron chi connectivity index (χ2n) is 2.32.